The molecule has 0 aliphatic heterocycles. The summed E-state index contributed by atoms with van der Waals surface area (Å²) in [7, 11) is -3.18. The van der Waals surface area contributed by atoms with Gasteiger partial charge in [-0.1, -0.05) is 64.7 Å². The molecule has 0 rings (SSSR count). The zero-order valence-corrected chi connectivity index (χ0v) is 18.8. The zero-order valence-electron chi connectivity index (χ0n) is 18.0. The van der Waals surface area contributed by atoms with Gasteiger partial charge in [0.15, 0.2) is 0 Å². The molecule has 162 valence electrons. The largest absolute Gasteiger partial charge is 0.214 e. The fourth-order valence-corrected chi connectivity index (χ4v) is 4.92. The number of unbranched alkanes of at least 4 members (excludes halogenated alkanes) is 13. The van der Waals surface area contributed by atoms with Gasteiger partial charge < -0.3 is 0 Å². The van der Waals surface area contributed by atoms with E-state index < -0.39 is 10.0 Å². The molecule has 6 heteroatoms. The van der Waals surface area contributed by atoms with Crippen LogP contribution in [0.25, 0.3) is 0 Å². The number of nitrogens with zero attached hydrogens (tertiary/aromatic N) is 3. The molecular weight excluding hydrogens is 370 g/mol. The van der Waals surface area contributed by atoms with Gasteiger partial charge >= 0.3 is 0 Å². The lowest BCUT2D eigenvalue weighted by atomic mass is 10.1. The smallest absolute Gasteiger partial charge is 0.212 e. The van der Waals surface area contributed by atoms with Crippen LogP contribution in [0.4, 0.5) is 0 Å². The highest BCUT2D eigenvalue weighted by atomic mass is 32.2. The van der Waals surface area contributed by atoms with Crippen molar-refractivity contribution in [3.05, 3.63) is 0 Å². The van der Waals surface area contributed by atoms with Gasteiger partial charge in [0.25, 0.3) is 0 Å². The van der Waals surface area contributed by atoms with Crippen LogP contribution in [0, 0.1) is 22.7 Å². The number of hydrogen-bond acceptors (Lipinski definition) is 4. The van der Waals surface area contributed by atoms with Crippen molar-refractivity contribution >= 4 is 10.0 Å². The minimum atomic E-state index is -3.18. The number of hydrogen-bond donors (Lipinski definition) is 0. The number of nitriles is 2. The first-order valence-electron chi connectivity index (χ1n) is 11.3. The van der Waals surface area contributed by atoms with Crippen LogP contribution in [0.3, 0.4) is 0 Å². The summed E-state index contributed by atoms with van der Waals surface area (Å²) in [5, 5.41) is 17.2. The monoisotopic (exact) mass is 411 g/mol. The maximum absolute atomic E-state index is 12.8. The van der Waals surface area contributed by atoms with Crippen molar-refractivity contribution in [2.45, 2.75) is 110 Å². The molecule has 5 nitrogen and oxygen atoms in total. The van der Waals surface area contributed by atoms with Crippen molar-refractivity contribution in [3.63, 3.8) is 0 Å². The molecule has 0 bridgehead atoms. The number of sulfonamides is 1. The summed E-state index contributed by atoms with van der Waals surface area (Å²) in [4.78, 5) is 0. The summed E-state index contributed by atoms with van der Waals surface area (Å²) in [5.41, 5.74) is 0. The van der Waals surface area contributed by atoms with Crippen LogP contribution in [-0.4, -0.2) is 31.6 Å². The molecule has 0 unspecified atom stereocenters. The van der Waals surface area contributed by atoms with E-state index in [-0.39, 0.29) is 5.75 Å². The van der Waals surface area contributed by atoms with E-state index in [0.717, 1.165) is 70.6 Å². The predicted octanol–water partition coefficient (Wildman–Crippen LogP) is 5.93. The van der Waals surface area contributed by atoms with Gasteiger partial charge in [0.1, 0.15) is 0 Å². The van der Waals surface area contributed by atoms with Crippen LogP contribution in [0.2, 0.25) is 0 Å². The van der Waals surface area contributed by atoms with E-state index in [9.17, 15) is 8.42 Å². The van der Waals surface area contributed by atoms with Crippen molar-refractivity contribution in [3.8, 4) is 12.1 Å². The topological polar surface area (TPSA) is 85.0 Å². The molecule has 0 N–H and O–H groups in total. The van der Waals surface area contributed by atoms with Crippen molar-refractivity contribution < 1.29 is 8.42 Å². The minimum absolute atomic E-state index is 0.266. The van der Waals surface area contributed by atoms with Gasteiger partial charge in [0, 0.05) is 25.9 Å². The van der Waals surface area contributed by atoms with Crippen molar-refractivity contribution in [2.75, 3.05) is 18.8 Å². The van der Waals surface area contributed by atoms with Gasteiger partial charge in [0.2, 0.25) is 10.0 Å². The van der Waals surface area contributed by atoms with Gasteiger partial charge in [0.05, 0.1) is 17.9 Å². The van der Waals surface area contributed by atoms with Crippen molar-refractivity contribution in [1.29, 1.82) is 10.5 Å². The molecule has 0 fully saturated rings. The SMILES string of the molecule is CCCCCCCCS(=O)(=O)N(CCCCCCC#N)CCCCCCC#N. The molecule has 0 aliphatic carbocycles. The lowest BCUT2D eigenvalue weighted by Crippen LogP contribution is -2.35. The van der Waals surface area contributed by atoms with E-state index in [4.69, 9.17) is 10.5 Å². The molecule has 0 atom stereocenters. The van der Waals surface area contributed by atoms with Crippen LogP contribution < -0.4 is 0 Å². The second kappa shape index (κ2) is 19.2. The minimum Gasteiger partial charge on any atom is -0.212 e. The highest BCUT2D eigenvalue weighted by molar-refractivity contribution is 7.89. The molecule has 0 saturated carbocycles. The molecule has 0 aliphatic rings. The van der Waals surface area contributed by atoms with Gasteiger partial charge in [-0.05, 0) is 32.1 Å². The average Bonchev–Trinajstić information content (AvgIpc) is 2.68. The second-order valence-corrected chi connectivity index (χ2v) is 9.72. The zero-order chi connectivity index (χ0) is 20.9. The molecule has 0 saturated heterocycles. The van der Waals surface area contributed by atoms with Crippen LogP contribution in [0.15, 0.2) is 0 Å². The fraction of sp³-hybridized carbons (Fsp3) is 0.909. The molecule has 0 heterocycles. The first-order valence-corrected chi connectivity index (χ1v) is 12.9. The number of rotatable bonds is 20. The average molecular weight is 412 g/mol. The molecule has 28 heavy (non-hydrogen) atoms. The molecule has 0 amide bonds. The Hall–Kier alpha value is -1.11. The Morgan fingerprint density at radius 1 is 0.643 bits per heavy atom. The standard InChI is InChI=1S/C22H41N3O2S/c1-2-3-4-5-12-17-22-28(26,27)25(20-15-10-6-8-13-18-23)21-16-11-7-9-14-19-24/h2-17,20-22H2,1H3. The third-order valence-electron chi connectivity index (χ3n) is 5.04. The Bertz CT molecular complexity index is 509. The third-order valence-corrected chi connectivity index (χ3v) is 7.00. The Balaban J connectivity index is 4.33. The van der Waals surface area contributed by atoms with Crippen LogP contribution >= 0.6 is 0 Å². The van der Waals surface area contributed by atoms with E-state index in [1.807, 2.05) is 0 Å². The molecule has 0 aromatic carbocycles. The first-order chi connectivity index (χ1) is 13.6. The fourth-order valence-electron chi connectivity index (χ4n) is 3.28. The third kappa shape index (κ3) is 15.9. The quantitative estimate of drug-likeness (QED) is 0.232. The normalized spacial score (nSPS) is 11.4. The van der Waals surface area contributed by atoms with Gasteiger partial charge in [-0.25, -0.2) is 12.7 Å². The lowest BCUT2D eigenvalue weighted by molar-refractivity contribution is 0.384. The van der Waals surface area contributed by atoms with E-state index in [1.54, 1.807) is 4.31 Å². The van der Waals surface area contributed by atoms with E-state index in [1.165, 1.54) is 19.3 Å². The Labute approximate surface area is 174 Å². The maximum Gasteiger partial charge on any atom is 0.214 e. The summed E-state index contributed by atoms with van der Waals surface area (Å²) >= 11 is 0. The molecule has 0 aromatic rings. The van der Waals surface area contributed by atoms with E-state index >= 15 is 0 Å². The van der Waals surface area contributed by atoms with E-state index in [0.29, 0.717) is 25.9 Å². The summed E-state index contributed by atoms with van der Waals surface area (Å²) < 4.78 is 27.3. The maximum atomic E-state index is 12.8. The highest BCUT2D eigenvalue weighted by Gasteiger charge is 2.20. The Morgan fingerprint density at radius 2 is 1.07 bits per heavy atom. The predicted molar refractivity (Wildman–Crippen MR) is 116 cm³/mol. The second-order valence-electron chi connectivity index (χ2n) is 7.63. The van der Waals surface area contributed by atoms with Crippen LogP contribution in [-0.2, 0) is 10.0 Å². The first kappa shape index (κ1) is 26.9. The summed E-state index contributed by atoms with van der Waals surface area (Å²) in [6.45, 7) is 3.38. The van der Waals surface area contributed by atoms with Crippen LogP contribution in [0.5, 0.6) is 0 Å². The molecular formula is C22H41N3O2S. The summed E-state index contributed by atoms with van der Waals surface area (Å²) in [5.74, 6) is 0.266. The van der Waals surface area contributed by atoms with Gasteiger partial charge in [-0.15, -0.1) is 0 Å². The summed E-state index contributed by atoms with van der Waals surface area (Å²) in [6.07, 6.45) is 15.2. The molecule has 0 radical (unpaired) electrons. The lowest BCUT2D eigenvalue weighted by Gasteiger charge is -2.22. The van der Waals surface area contributed by atoms with E-state index in [2.05, 4.69) is 19.1 Å². The van der Waals surface area contributed by atoms with Crippen molar-refractivity contribution in [1.82, 2.24) is 4.31 Å². The van der Waals surface area contributed by atoms with Gasteiger partial charge in [-0.2, -0.15) is 10.5 Å². The highest BCUT2D eigenvalue weighted by Crippen LogP contribution is 2.14. The Kier molecular flexibility index (Phi) is 18.5. The summed E-state index contributed by atoms with van der Waals surface area (Å²) in [6, 6.07) is 4.31. The van der Waals surface area contributed by atoms with Crippen LogP contribution in [0.1, 0.15) is 110 Å². The Morgan fingerprint density at radius 3 is 1.57 bits per heavy atom. The van der Waals surface area contributed by atoms with Crippen molar-refractivity contribution in [2.24, 2.45) is 0 Å². The van der Waals surface area contributed by atoms with Gasteiger partial charge in [-0.3, -0.25) is 0 Å². The molecule has 0 aromatic heterocycles. The molecule has 0 spiro atoms.